The van der Waals surface area contributed by atoms with Gasteiger partial charge >= 0.3 is 0 Å². The van der Waals surface area contributed by atoms with Gasteiger partial charge in [-0.3, -0.25) is 0 Å². The van der Waals surface area contributed by atoms with Gasteiger partial charge in [0.2, 0.25) is 0 Å². The van der Waals surface area contributed by atoms with Crippen LogP contribution in [0.5, 0.6) is 0 Å². The van der Waals surface area contributed by atoms with E-state index in [1.165, 1.54) is 70.9 Å². The topological polar surface area (TPSA) is 4.93 Å². The Hall–Kier alpha value is -4.88. The summed E-state index contributed by atoms with van der Waals surface area (Å²) in [5, 5.41) is 10.3. The Labute approximate surface area is 214 Å². The number of hydrogen-bond donors (Lipinski definition) is 0. The Kier molecular flexibility index (Phi) is 4.29. The summed E-state index contributed by atoms with van der Waals surface area (Å²) in [5.74, 6) is 0. The third-order valence-electron chi connectivity index (χ3n) is 7.74. The maximum atomic E-state index is 2.39. The quantitative estimate of drug-likeness (QED) is 0.222. The molecule has 0 aliphatic rings. The van der Waals surface area contributed by atoms with Gasteiger partial charge in [-0.15, -0.1) is 0 Å². The van der Waals surface area contributed by atoms with Crippen LogP contribution in [0.2, 0.25) is 0 Å². The van der Waals surface area contributed by atoms with Crippen molar-refractivity contribution in [3.63, 3.8) is 0 Å². The third kappa shape index (κ3) is 3.04. The summed E-state index contributed by atoms with van der Waals surface area (Å²) in [6.45, 7) is 0. The lowest BCUT2D eigenvalue weighted by Gasteiger charge is -2.12. The van der Waals surface area contributed by atoms with Gasteiger partial charge in [0.1, 0.15) is 0 Å². The van der Waals surface area contributed by atoms with E-state index in [9.17, 15) is 0 Å². The van der Waals surface area contributed by atoms with E-state index in [4.69, 9.17) is 0 Å². The highest BCUT2D eigenvalue weighted by Gasteiger charge is 2.12. The van der Waals surface area contributed by atoms with E-state index in [2.05, 4.69) is 144 Å². The van der Waals surface area contributed by atoms with Crippen molar-refractivity contribution in [2.24, 2.45) is 0 Å². The lowest BCUT2D eigenvalue weighted by molar-refractivity contribution is 1.18. The maximum absolute atomic E-state index is 2.39. The number of nitrogens with zero attached hydrogens (tertiary/aromatic N) is 1. The Morgan fingerprint density at radius 3 is 1.68 bits per heavy atom. The Balaban J connectivity index is 1.37. The predicted octanol–water partition coefficient (Wildman–Crippen LogP) is 9.91. The molecule has 0 saturated carbocycles. The normalized spacial score (nSPS) is 11.8. The van der Waals surface area contributed by atoms with Crippen LogP contribution >= 0.6 is 0 Å². The van der Waals surface area contributed by atoms with E-state index in [1.807, 2.05) is 0 Å². The summed E-state index contributed by atoms with van der Waals surface area (Å²) in [5.41, 5.74) is 6.10. The van der Waals surface area contributed by atoms with Gasteiger partial charge in [-0.1, -0.05) is 109 Å². The third-order valence-corrected chi connectivity index (χ3v) is 7.74. The minimum absolute atomic E-state index is 1.18. The van der Waals surface area contributed by atoms with Crippen molar-refractivity contribution >= 4 is 54.1 Å². The van der Waals surface area contributed by atoms with Crippen LogP contribution in [0.15, 0.2) is 140 Å². The van der Waals surface area contributed by atoms with Crippen LogP contribution in [-0.4, -0.2) is 4.57 Å². The first kappa shape index (κ1) is 20.3. The molecule has 0 spiro atoms. The Morgan fingerprint density at radius 2 is 0.919 bits per heavy atom. The fourth-order valence-corrected chi connectivity index (χ4v) is 6.03. The van der Waals surface area contributed by atoms with Crippen LogP contribution in [-0.2, 0) is 0 Å². The average molecular weight is 470 g/mol. The van der Waals surface area contributed by atoms with Crippen molar-refractivity contribution in [2.75, 3.05) is 0 Å². The Bertz CT molecular complexity index is 2090. The average Bonchev–Trinajstić information content (AvgIpc) is 3.31. The van der Waals surface area contributed by atoms with E-state index in [0.29, 0.717) is 0 Å². The minimum Gasteiger partial charge on any atom is -0.309 e. The molecule has 8 rings (SSSR count). The molecule has 0 radical (unpaired) electrons. The van der Waals surface area contributed by atoms with Crippen LogP contribution < -0.4 is 0 Å². The molecule has 1 heterocycles. The molecule has 0 aliphatic heterocycles. The molecule has 0 fully saturated rings. The largest absolute Gasteiger partial charge is 0.309 e. The second-order valence-electron chi connectivity index (χ2n) is 9.81. The predicted molar refractivity (Wildman–Crippen MR) is 159 cm³/mol. The van der Waals surface area contributed by atoms with Gasteiger partial charge < -0.3 is 4.57 Å². The lowest BCUT2D eigenvalue weighted by Crippen LogP contribution is -1.94. The van der Waals surface area contributed by atoms with E-state index < -0.39 is 0 Å². The van der Waals surface area contributed by atoms with Crippen LogP contribution in [0.4, 0.5) is 0 Å². The Morgan fingerprint density at radius 1 is 0.351 bits per heavy atom. The first-order valence-corrected chi connectivity index (χ1v) is 12.8. The molecule has 37 heavy (non-hydrogen) atoms. The maximum Gasteiger partial charge on any atom is 0.0541 e. The van der Waals surface area contributed by atoms with Gasteiger partial charge in [-0.05, 0) is 73.8 Å². The number of benzene rings is 7. The monoisotopic (exact) mass is 469 g/mol. The number of rotatable bonds is 2. The minimum atomic E-state index is 1.18. The molecule has 0 bridgehead atoms. The number of fused-ring (bicyclic) bond motifs is 8. The highest BCUT2D eigenvalue weighted by Crippen LogP contribution is 2.36. The zero-order valence-electron chi connectivity index (χ0n) is 20.2. The van der Waals surface area contributed by atoms with E-state index in [1.54, 1.807) is 0 Å². The fourth-order valence-electron chi connectivity index (χ4n) is 6.03. The second-order valence-corrected chi connectivity index (χ2v) is 9.81. The van der Waals surface area contributed by atoms with E-state index in [0.717, 1.165) is 0 Å². The van der Waals surface area contributed by atoms with Gasteiger partial charge in [0, 0.05) is 16.5 Å². The zero-order chi connectivity index (χ0) is 24.3. The lowest BCUT2D eigenvalue weighted by atomic mass is 9.94. The molecule has 8 aromatic rings. The van der Waals surface area contributed by atoms with Gasteiger partial charge in [0.15, 0.2) is 0 Å². The van der Waals surface area contributed by atoms with Gasteiger partial charge in [-0.2, -0.15) is 0 Å². The van der Waals surface area contributed by atoms with Crippen LogP contribution in [0.3, 0.4) is 0 Å². The van der Waals surface area contributed by atoms with Gasteiger partial charge in [0.25, 0.3) is 0 Å². The molecule has 0 N–H and O–H groups in total. The molecule has 172 valence electrons. The zero-order valence-corrected chi connectivity index (χ0v) is 20.2. The highest BCUT2D eigenvalue weighted by atomic mass is 15.0. The van der Waals surface area contributed by atoms with Gasteiger partial charge in [-0.25, -0.2) is 0 Å². The molecule has 0 unspecified atom stereocenters. The number of para-hydroxylation sites is 2. The first-order valence-electron chi connectivity index (χ1n) is 12.8. The van der Waals surface area contributed by atoms with Crippen molar-refractivity contribution in [1.82, 2.24) is 4.57 Å². The molecule has 1 heteroatoms. The molecular formula is C36H23N. The van der Waals surface area contributed by atoms with Crippen molar-refractivity contribution in [3.05, 3.63) is 140 Å². The van der Waals surface area contributed by atoms with Crippen molar-refractivity contribution in [3.8, 4) is 16.8 Å². The summed E-state index contributed by atoms with van der Waals surface area (Å²) in [7, 11) is 0. The van der Waals surface area contributed by atoms with Crippen LogP contribution in [0, 0.1) is 0 Å². The molecule has 1 nitrogen and oxygen atoms in total. The fraction of sp³-hybridized carbons (Fsp3) is 0. The molecule has 0 saturated heterocycles. The summed E-state index contributed by atoms with van der Waals surface area (Å²) in [6, 6.07) is 50.8. The molecule has 7 aromatic carbocycles. The summed E-state index contributed by atoms with van der Waals surface area (Å²) in [6.07, 6.45) is 0. The highest BCUT2D eigenvalue weighted by molar-refractivity contribution is 6.20. The van der Waals surface area contributed by atoms with Crippen LogP contribution in [0.1, 0.15) is 0 Å². The molecule has 1 aromatic heterocycles. The van der Waals surface area contributed by atoms with E-state index in [-0.39, 0.29) is 0 Å². The van der Waals surface area contributed by atoms with Gasteiger partial charge in [0.05, 0.1) is 11.0 Å². The standard InChI is InChI=1S/C36H23N/c1-2-11-30-24(8-1)16-19-26-20-17-25-18-21-28(23-33(25)36(26)30)27-9-7-10-29(22-27)37-34-14-5-3-12-31(34)32-13-4-6-15-35(32)37/h1-23H. The molecule has 0 amide bonds. The number of aromatic nitrogens is 1. The van der Waals surface area contributed by atoms with Crippen molar-refractivity contribution < 1.29 is 0 Å². The molecule has 0 aliphatic carbocycles. The second kappa shape index (κ2) is 7.81. The molecular weight excluding hydrogens is 446 g/mol. The van der Waals surface area contributed by atoms with Crippen molar-refractivity contribution in [2.45, 2.75) is 0 Å². The van der Waals surface area contributed by atoms with E-state index >= 15 is 0 Å². The summed E-state index contributed by atoms with van der Waals surface area (Å²) < 4.78 is 2.39. The van der Waals surface area contributed by atoms with Crippen molar-refractivity contribution in [1.29, 1.82) is 0 Å². The number of hydrogen-bond acceptors (Lipinski definition) is 0. The molecule has 0 atom stereocenters. The smallest absolute Gasteiger partial charge is 0.0541 e. The summed E-state index contributed by atoms with van der Waals surface area (Å²) >= 11 is 0. The SMILES string of the molecule is c1cc(-c2ccc3ccc4ccc5ccccc5c4c3c2)cc(-n2c3ccccc3c3ccccc32)c1. The van der Waals surface area contributed by atoms with Crippen LogP contribution in [0.25, 0.3) is 70.9 Å². The first-order chi connectivity index (χ1) is 18.3. The summed E-state index contributed by atoms with van der Waals surface area (Å²) in [4.78, 5) is 0.